The van der Waals surface area contributed by atoms with Gasteiger partial charge in [-0.3, -0.25) is 14.6 Å². The van der Waals surface area contributed by atoms with Crippen molar-refractivity contribution in [3.63, 3.8) is 0 Å². The van der Waals surface area contributed by atoms with Crippen LogP contribution < -0.4 is 25.6 Å². The smallest absolute Gasteiger partial charge is 0.255 e. The number of fused-ring (bicyclic) bond motifs is 2. The van der Waals surface area contributed by atoms with Crippen molar-refractivity contribution in [2.24, 2.45) is 5.92 Å². The van der Waals surface area contributed by atoms with Crippen LogP contribution in [0, 0.1) is 17.2 Å². The van der Waals surface area contributed by atoms with Gasteiger partial charge in [-0.05, 0) is 74.9 Å². The largest absolute Gasteiger partial charge is 0.489 e. The van der Waals surface area contributed by atoms with Crippen molar-refractivity contribution in [1.29, 1.82) is 5.26 Å². The molecule has 11 heteroatoms. The second-order valence-electron chi connectivity index (χ2n) is 11.9. The number of likely N-dealkylation sites (N-methyl/N-ethyl adjacent to an activating group) is 1. The maximum Gasteiger partial charge on any atom is 0.255 e. The molecular weight excluding hydrogens is 556 g/mol. The minimum atomic E-state index is -0.206. The fourth-order valence-electron chi connectivity index (χ4n) is 6.04. The van der Waals surface area contributed by atoms with Gasteiger partial charge in [-0.25, -0.2) is 4.52 Å². The van der Waals surface area contributed by atoms with Gasteiger partial charge in [0.25, 0.3) is 5.91 Å². The number of hydrogen-bond donors (Lipinski definition) is 3. The van der Waals surface area contributed by atoms with E-state index in [4.69, 9.17) is 4.74 Å². The van der Waals surface area contributed by atoms with E-state index in [1.807, 2.05) is 43.4 Å². The van der Waals surface area contributed by atoms with E-state index in [0.717, 1.165) is 73.4 Å². The summed E-state index contributed by atoms with van der Waals surface area (Å²) in [5.41, 5.74) is 5.44. The highest BCUT2D eigenvalue weighted by atomic mass is 16.5. The third-order valence-corrected chi connectivity index (χ3v) is 8.73. The number of carbonyl (C=O) groups is 2. The molecule has 11 nitrogen and oxygen atoms in total. The summed E-state index contributed by atoms with van der Waals surface area (Å²) in [4.78, 5) is 32.7. The molecule has 3 aliphatic rings. The molecule has 224 valence electrons. The number of aromatic nitrogens is 3. The first kappa shape index (κ1) is 27.7. The van der Waals surface area contributed by atoms with E-state index in [2.05, 4.69) is 37.0 Å². The van der Waals surface area contributed by atoms with Gasteiger partial charge in [0.2, 0.25) is 5.91 Å². The van der Waals surface area contributed by atoms with Crippen LogP contribution in [0.25, 0.3) is 16.9 Å². The molecule has 1 aliphatic heterocycles. The van der Waals surface area contributed by atoms with Crippen LogP contribution in [-0.2, 0) is 4.79 Å². The molecule has 2 saturated carbocycles. The third-order valence-electron chi connectivity index (χ3n) is 8.73. The molecule has 0 spiro atoms. The van der Waals surface area contributed by atoms with E-state index in [1.54, 1.807) is 16.8 Å². The first-order chi connectivity index (χ1) is 21.4. The molecule has 2 amide bonds. The number of ether oxygens (including phenoxy) is 1. The standard InChI is InChI=1S/C33H34N8O3/c1-40-12-13-44-31-15-24(8-10-30(31)40)37-27-16-28(29-11-9-25-14-20(17-34)18-36-41(25)29)35-19-26(27)33(43)39-23-6-4-22(5-7-23)38-32(42)21-2-3-21/h8-11,14-16,18-19,21-23H,2-7,12-13H2,1H3,(H,35,37)(H,38,42)(H,39,43)/t22-,23-. The average molecular weight is 591 g/mol. The molecule has 0 bridgehead atoms. The topological polar surface area (TPSA) is 137 Å². The van der Waals surface area contributed by atoms with Crippen molar-refractivity contribution in [3.05, 3.63) is 66.0 Å². The number of amides is 2. The van der Waals surface area contributed by atoms with Crippen LogP contribution in [0.4, 0.5) is 17.1 Å². The van der Waals surface area contributed by atoms with Gasteiger partial charge in [-0.1, -0.05) is 0 Å². The summed E-state index contributed by atoms with van der Waals surface area (Å²) in [5, 5.41) is 23.5. The molecule has 2 fully saturated rings. The van der Waals surface area contributed by atoms with E-state index in [-0.39, 0.29) is 29.8 Å². The van der Waals surface area contributed by atoms with E-state index in [0.29, 0.717) is 29.1 Å². The van der Waals surface area contributed by atoms with Crippen molar-refractivity contribution >= 4 is 34.4 Å². The Morgan fingerprint density at radius 3 is 2.55 bits per heavy atom. The first-order valence-corrected chi connectivity index (χ1v) is 15.2. The Hall–Kier alpha value is -5.11. The quantitative estimate of drug-likeness (QED) is 0.288. The molecule has 2 aliphatic carbocycles. The molecule has 4 heterocycles. The van der Waals surface area contributed by atoms with Gasteiger partial charge in [-0.2, -0.15) is 10.4 Å². The van der Waals surface area contributed by atoms with Gasteiger partial charge in [0.15, 0.2) is 0 Å². The van der Waals surface area contributed by atoms with Gasteiger partial charge in [-0.15, -0.1) is 0 Å². The normalized spacial score (nSPS) is 19.4. The summed E-state index contributed by atoms with van der Waals surface area (Å²) < 4.78 is 7.65. The number of rotatable bonds is 7. The van der Waals surface area contributed by atoms with Crippen LogP contribution in [0.1, 0.15) is 54.4 Å². The highest BCUT2D eigenvalue weighted by molar-refractivity contribution is 6.01. The Bertz CT molecular complexity index is 1780. The van der Waals surface area contributed by atoms with E-state index in [9.17, 15) is 14.9 Å². The third kappa shape index (κ3) is 5.63. The number of carbonyl (C=O) groups excluding carboxylic acids is 2. The maximum absolute atomic E-state index is 13.7. The van der Waals surface area contributed by atoms with Crippen molar-refractivity contribution in [2.75, 3.05) is 30.4 Å². The second-order valence-corrected chi connectivity index (χ2v) is 11.9. The van der Waals surface area contributed by atoms with Gasteiger partial charge in [0.05, 0.1) is 52.1 Å². The fourth-order valence-corrected chi connectivity index (χ4v) is 6.04. The highest BCUT2D eigenvalue weighted by Crippen LogP contribution is 2.35. The SMILES string of the molecule is CN1CCOc2cc(Nc3cc(-c4ccc5cc(C#N)cnn45)ncc3C(=O)N[C@H]3CC[C@H](NC(=O)C4CC4)CC3)ccc21. The van der Waals surface area contributed by atoms with Gasteiger partial charge in [0, 0.05) is 43.0 Å². The summed E-state index contributed by atoms with van der Waals surface area (Å²) in [7, 11) is 2.04. The Morgan fingerprint density at radius 2 is 1.77 bits per heavy atom. The number of pyridine rings is 1. The average Bonchev–Trinajstić information content (AvgIpc) is 3.81. The van der Waals surface area contributed by atoms with Crippen LogP contribution in [-0.4, -0.2) is 58.7 Å². The molecule has 0 saturated heterocycles. The zero-order valence-electron chi connectivity index (χ0n) is 24.5. The molecule has 3 aromatic heterocycles. The van der Waals surface area contributed by atoms with Crippen LogP contribution >= 0.6 is 0 Å². The number of anilines is 3. The van der Waals surface area contributed by atoms with E-state index >= 15 is 0 Å². The lowest BCUT2D eigenvalue weighted by molar-refractivity contribution is -0.123. The molecular formula is C33H34N8O3. The van der Waals surface area contributed by atoms with Gasteiger partial charge < -0.3 is 25.6 Å². The summed E-state index contributed by atoms with van der Waals surface area (Å²) in [6, 6.07) is 15.7. The zero-order chi connectivity index (χ0) is 30.2. The van der Waals surface area contributed by atoms with Crippen molar-refractivity contribution in [3.8, 4) is 23.2 Å². The lowest BCUT2D eigenvalue weighted by atomic mass is 9.90. The lowest BCUT2D eigenvalue weighted by Crippen LogP contribution is -2.44. The molecule has 0 radical (unpaired) electrons. The molecule has 44 heavy (non-hydrogen) atoms. The molecule has 1 aromatic carbocycles. The molecule has 0 atom stereocenters. The maximum atomic E-state index is 13.7. The number of nitrogens with one attached hydrogen (secondary N) is 3. The monoisotopic (exact) mass is 590 g/mol. The second kappa shape index (κ2) is 11.5. The van der Waals surface area contributed by atoms with Crippen molar-refractivity contribution in [2.45, 2.75) is 50.6 Å². The molecule has 7 rings (SSSR count). The minimum Gasteiger partial charge on any atom is -0.489 e. The molecule has 0 unspecified atom stereocenters. The predicted octanol–water partition coefficient (Wildman–Crippen LogP) is 4.41. The summed E-state index contributed by atoms with van der Waals surface area (Å²) >= 11 is 0. The van der Waals surface area contributed by atoms with Crippen LogP contribution in [0.15, 0.2) is 54.9 Å². The van der Waals surface area contributed by atoms with Crippen LogP contribution in [0.3, 0.4) is 0 Å². The van der Waals surface area contributed by atoms with Gasteiger partial charge in [0.1, 0.15) is 18.4 Å². The van der Waals surface area contributed by atoms with Crippen molar-refractivity contribution in [1.82, 2.24) is 25.2 Å². The fraction of sp³-hybridized carbons (Fsp3) is 0.364. The van der Waals surface area contributed by atoms with Gasteiger partial charge >= 0.3 is 0 Å². The van der Waals surface area contributed by atoms with E-state index < -0.39 is 0 Å². The van der Waals surface area contributed by atoms with Crippen LogP contribution in [0.2, 0.25) is 0 Å². The lowest BCUT2D eigenvalue weighted by Gasteiger charge is -2.30. The Balaban J connectivity index is 1.15. The minimum absolute atomic E-state index is 0.0184. The molecule has 4 aromatic rings. The summed E-state index contributed by atoms with van der Waals surface area (Å²) in [5.74, 6) is 0.953. The first-order valence-electron chi connectivity index (χ1n) is 15.2. The number of nitriles is 1. The molecule has 3 N–H and O–H groups in total. The highest BCUT2D eigenvalue weighted by Gasteiger charge is 2.32. The Kier molecular flexibility index (Phi) is 7.26. The van der Waals surface area contributed by atoms with Crippen LogP contribution in [0.5, 0.6) is 5.75 Å². The van der Waals surface area contributed by atoms with E-state index in [1.165, 1.54) is 6.20 Å². The number of nitrogens with zero attached hydrogens (tertiary/aromatic N) is 5. The summed E-state index contributed by atoms with van der Waals surface area (Å²) in [6.07, 6.45) is 8.41. The summed E-state index contributed by atoms with van der Waals surface area (Å²) in [6.45, 7) is 1.43. The number of hydrogen-bond acceptors (Lipinski definition) is 8. The Labute approximate surface area is 255 Å². The zero-order valence-corrected chi connectivity index (χ0v) is 24.5. The number of benzene rings is 1. The van der Waals surface area contributed by atoms with Crippen molar-refractivity contribution < 1.29 is 14.3 Å². The Morgan fingerprint density at radius 1 is 0.977 bits per heavy atom. The predicted molar refractivity (Wildman–Crippen MR) is 166 cm³/mol.